The fourth-order valence-electron chi connectivity index (χ4n) is 7.20. The Kier molecular flexibility index (Phi) is 6.31. The van der Waals surface area contributed by atoms with Crippen LogP contribution < -0.4 is 4.74 Å². The third-order valence-electron chi connectivity index (χ3n) is 9.04. The molecule has 1 unspecified atom stereocenters. The Labute approximate surface area is 231 Å². The van der Waals surface area contributed by atoms with Crippen LogP contribution >= 0.6 is 0 Å². The molecule has 2 bridgehead atoms. The molecular weight excluding hydrogens is 514 g/mol. The summed E-state index contributed by atoms with van der Waals surface area (Å²) < 4.78 is 6.26. The molecule has 2 saturated carbocycles. The average molecular weight is 546 g/mol. The number of Topliss-reactive ketones (excluding diaryl/α,β-unsaturated/α-hetero) is 1. The van der Waals surface area contributed by atoms with E-state index in [1.807, 2.05) is 42.5 Å². The van der Waals surface area contributed by atoms with Crippen molar-refractivity contribution in [2.75, 3.05) is 13.1 Å². The Morgan fingerprint density at radius 3 is 2.40 bits per heavy atom. The number of ether oxygens (including phenoxy) is 1. The van der Waals surface area contributed by atoms with E-state index in [2.05, 4.69) is 4.90 Å². The number of carbonyl (C=O) groups excluding carboxylic acids is 1. The quantitative estimate of drug-likeness (QED) is 0.417. The van der Waals surface area contributed by atoms with E-state index in [-0.39, 0.29) is 17.6 Å². The SMILES string of the molecule is O=C(O)/C=C\C(=O)O.O=C1/C(=C/c2ccccc2)C[C@@]2(O)C3Cc4ccc(O)c5c4[C@@]2(CCN3CC2CC2)[C@H]1O5. The molecule has 40 heavy (non-hydrogen) atoms. The van der Waals surface area contributed by atoms with Crippen molar-refractivity contribution in [1.82, 2.24) is 4.90 Å². The van der Waals surface area contributed by atoms with Gasteiger partial charge < -0.3 is 25.2 Å². The van der Waals surface area contributed by atoms with E-state index in [1.165, 1.54) is 12.8 Å². The van der Waals surface area contributed by atoms with Crippen LogP contribution in [0.4, 0.5) is 0 Å². The summed E-state index contributed by atoms with van der Waals surface area (Å²) in [5, 5.41) is 38.8. The normalized spacial score (nSPS) is 30.8. The second-order valence-corrected chi connectivity index (χ2v) is 11.4. The Hall–Kier alpha value is -3.95. The molecule has 1 saturated heterocycles. The van der Waals surface area contributed by atoms with Crippen LogP contribution in [0.5, 0.6) is 11.5 Å². The molecule has 5 aliphatic rings. The van der Waals surface area contributed by atoms with Gasteiger partial charge in [-0.2, -0.15) is 0 Å². The van der Waals surface area contributed by atoms with Gasteiger partial charge in [0.25, 0.3) is 0 Å². The third-order valence-corrected chi connectivity index (χ3v) is 9.04. The van der Waals surface area contributed by atoms with Gasteiger partial charge in [0.15, 0.2) is 23.4 Å². The minimum absolute atomic E-state index is 0.0572. The lowest BCUT2D eigenvalue weighted by Gasteiger charge is -2.62. The second-order valence-electron chi connectivity index (χ2n) is 11.4. The maximum absolute atomic E-state index is 13.8. The number of aliphatic carboxylic acids is 2. The van der Waals surface area contributed by atoms with Crippen LogP contribution in [0.15, 0.2) is 60.2 Å². The first-order chi connectivity index (χ1) is 19.1. The first-order valence-corrected chi connectivity index (χ1v) is 13.6. The molecule has 2 aliphatic heterocycles. The van der Waals surface area contributed by atoms with E-state index in [0.717, 1.165) is 42.1 Å². The van der Waals surface area contributed by atoms with Crippen molar-refractivity contribution in [2.45, 2.75) is 55.3 Å². The summed E-state index contributed by atoms with van der Waals surface area (Å²) >= 11 is 0. The molecule has 0 radical (unpaired) electrons. The maximum Gasteiger partial charge on any atom is 0.328 e. The minimum atomic E-state index is -1.26. The summed E-state index contributed by atoms with van der Waals surface area (Å²) in [4.78, 5) is 35.4. The summed E-state index contributed by atoms with van der Waals surface area (Å²) in [6.45, 7) is 1.86. The zero-order valence-corrected chi connectivity index (χ0v) is 21.8. The lowest BCUT2D eigenvalue weighted by atomic mass is 9.48. The summed E-state index contributed by atoms with van der Waals surface area (Å²) in [5.41, 5.74) is 1.67. The van der Waals surface area contributed by atoms with E-state index >= 15 is 0 Å². The first kappa shape index (κ1) is 26.3. The van der Waals surface area contributed by atoms with Gasteiger partial charge in [-0.15, -0.1) is 0 Å². The predicted molar refractivity (Wildman–Crippen MR) is 144 cm³/mol. The van der Waals surface area contributed by atoms with Crippen LogP contribution in [0.2, 0.25) is 0 Å². The van der Waals surface area contributed by atoms with Crippen LogP contribution in [0.25, 0.3) is 6.08 Å². The number of benzene rings is 2. The number of carboxylic acids is 2. The smallest absolute Gasteiger partial charge is 0.328 e. The van der Waals surface area contributed by atoms with Crippen molar-refractivity contribution in [2.24, 2.45) is 5.92 Å². The van der Waals surface area contributed by atoms with E-state index < -0.39 is 29.1 Å². The second kappa shape index (κ2) is 9.60. The van der Waals surface area contributed by atoms with Gasteiger partial charge in [0.1, 0.15) is 0 Å². The molecule has 4 N–H and O–H groups in total. The van der Waals surface area contributed by atoms with Gasteiger partial charge in [0.05, 0.1) is 11.0 Å². The largest absolute Gasteiger partial charge is 0.504 e. The molecule has 2 aromatic carbocycles. The Morgan fingerprint density at radius 1 is 1.05 bits per heavy atom. The topological polar surface area (TPSA) is 145 Å². The van der Waals surface area contributed by atoms with Crippen molar-refractivity contribution in [1.29, 1.82) is 0 Å². The van der Waals surface area contributed by atoms with Gasteiger partial charge in [0, 0.05) is 42.3 Å². The molecule has 7 rings (SSSR count). The molecule has 1 spiro atoms. The predicted octanol–water partition coefficient (Wildman–Crippen LogP) is 2.93. The number of carboxylic acid groups (broad SMARTS) is 2. The Morgan fingerprint density at radius 2 is 1.75 bits per heavy atom. The maximum atomic E-state index is 13.8. The van der Waals surface area contributed by atoms with Crippen molar-refractivity contribution in [3.8, 4) is 11.5 Å². The first-order valence-electron chi connectivity index (χ1n) is 13.6. The number of ketones is 1. The van der Waals surface area contributed by atoms with Crippen LogP contribution in [-0.2, 0) is 26.2 Å². The number of hydrogen-bond donors (Lipinski definition) is 4. The fraction of sp³-hybridized carbons (Fsp3) is 0.387. The lowest BCUT2D eigenvalue weighted by Crippen LogP contribution is -2.77. The van der Waals surface area contributed by atoms with Crippen molar-refractivity contribution in [3.05, 3.63) is 76.9 Å². The fourth-order valence-corrected chi connectivity index (χ4v) is 7.20. The van der Waals surface area contributed by atoms with Crippen LogP contribution in [0, 0.1) is 5.92 Å². The van der Waals surface area contributed by atoms with Crippen molar-refractivity contribution < 1.29 is 39.5 Å². The number of nitrogens with zero attached hydrogens (tertiary/aromatic N) is 1. The Bertz CT molecular complexity index is 1430. The van der Waals surface area contributed by atoms with Gasteiger partial charge in [0.2, 0.25) is 0 Å². The van der Waals surface area contributed by atoms with Crippen molar-refractivity contribution >= 4 is 23.8 Å². The molecule has 3 fully saturated rings. The number of aliphatic hydroxyl groups is 1. The van der Waals surface area contributed by atoms with E-state index in [9.17, 15) is 24.6 Å². The number of hydrogen-bond acceptors (Lipinski definition) is 7. The van der Waals surface area contributed by atoms with Crippen LogP contribution in [0.1, 0.15) is 42.4 Å². The highest BCUT2D eigenvalue weighted by Gasteiger charge is 2.74. The molecule has 3 aliphatic carbocycles. The van der Waals surface area contributed by atoms with Gasteiger partial charge >= 0.3 is 11.9 Å². The van der Waals surface area contributed by atoms with Gasteiger partial charge in [-0.1, -0.05) is 36.4 Å². The summed E-state index contributed by atoms with van der Waals surface area (Å²) in [7, 11) is 0. The summed E-state index contributed by atoms with van der Waals surface area (Å²) in [6.07, 6.45) is 6.49. The number of likely N-dealkylation sites (tertiary alicyclic amines) is 1. The molecule has 0 amide bonds. The van der Waals surface area contributed by atoms with Crippen molar-refractivity contribution in [3.63, 3.8) is 0 Å². The van der Waals surface area contributed by atoms with Gasteiger partial charge in [-0.3, -0.25) is 9.69 Å². The molecule has 2 heterocycles. The number of phenols is 1. The minimum Gasteiger partial charge on any atom is -0.504 e. The molecule has 4 atom stereocenters. The third kappa shape index (κ3) is 4.12. The number of carbonyl (C=O) groups is 3. The zero-order chi connectivity index (χ0) is 28.2. The molecule has 0 aromatic heterocycles. The average Bonchev–Trinajstić information content (AvgIpc) is 3.66. The van der Waals surface area contributed by atoms with Crippen LogP contribution in [0.3, 0.4) is 0 Å². The van der Waals surface area contributed by atoms with Gasteiger partial charge in [-0.05, 0) is 61.4 Å². The zero-order valence-electron chi connectivity index (χ0n) is 21.8. The van der Waals surface area contributed by atoms with E-state index in [4.69, 9.17) is 14.9 Å². The highest BCUT2D eigenvalue weighted by molar-refractivity contribution is 6.06. The van der Waals surface area contributed by atoms with E-state index in [1.54, 1.807) is 6.07 Å². The number of piperidine rings is 1. The molecule has 208 valence electrons. The highest BCUT2D eigenvalue weighted by atomic mass is 16.5. The van der Waals surface area contributed by atoms with Crippen LogP contribution in [-0.4, -0.2) is 73.9 Å². The Balaban J connectivity index is 0.000000319. The summed E-state index contributed by atoms with van der Waals surface area (Å²) in [6, 6.07) is 13.4. The number of aromatic hydroxyl groups is 1. The highest BCUT2D eigenvalue weighted by Crippen LogP contribution is 2.65. The summed E-state index contributed by atoms with van der Waals surface area (Å²) in [5.74, 6) is -1.37. The number of rotatable bonds is 5. The lowest BCUT2D eigenvalue weighted by molar-refractivity contribution is -0.179. The molecule has 9 nitrogen and oxygen atoms in total. The molecule has 2 aromatic rings. The standard InChI is InChI=1S/C27H27NO4.C4H4O4/c29-20-9-8-18-13-21-27(31)14-19(12-16-4-2-1-3-5-16)23(30)25-26(27,22(18)24(20)32-25)10-11-28(21)15-17-6-7-17;5-3(6)1-2-4(7)8/h1-5,8-9,12,17,21,25,29,31H,6-7,10-11,13-15H2;1-2H,(H,5,6)(H,7,8)/b19-12+;2-1-/t21?,25-,26-,27+;/m0./s1. The monoisotopic (exact) mass is 545 g/mol. The molecular formula is C31H31NO8. The molecule has 9 heteroatoms. The van der Waals surface area contributed by atoms with Gasteiger partial charge in [-0.25, -0.2) is 9.59 Å². The van der Waals surface area contributed by atoms with E-state index in [0.29, 0.717) is 36.3 Å². The number of phenolic OH excluding ortho intramolecular Hbond substituents is 1.